The average Bonchev–Trinajstić information content (AvgIpc) is 3.34. The predicted molar refractivity (Wildman–Crippen MR) is 258 cm³/mol. The second-order valence-corrected chi connectivity index (χ2v) is 15.3. The Balaban J connectivity index is 0.769. The quantitative estimate of drug-likeness (QED) is 0.102. The summed E-state index contributed by atoms with van der Waals surface area (Å²) in [6, 6.07) is 77.1. The summed E-state index contributed by atoms with van der Waals surface area (Å²) >= 11 is 0. The van der Waals surface area contributed by atoms with E-state index in [1.165, 1.54) is 11.1 Å². The van der Waals surface area contributed by atoms with Crippen LogP contribution in [0.15, 0.2) is 243 Å². The van der Waals surface area contributed by atoms with Crippen LogP contribution in [0.1, 0.15) is 33.4 Å². The number of para-hydroxylation sites is 4. The highest BCUT2D eigenvalue weighted by molar-refractivity contribution is 5.79. The zero-order chi connectivity index (χ0) is 41.8. The molecule has 62 heavy (non-hydrogen) atoms. The number of nitrogens with zero attached hydrogens (tertiary/aromatic N) is 4. The summed E-state index contributed by atoms with van der Waals surface area (Å²) in [4.78, 5) is 4.56. The van der Waals surface area contributed by atoms with E-state index in [1.807, 2.05) is 0 Å². The topological polar surface area (TPSA) is 14.2 Å². The van der Waals surface area contributed by atoms with Gasteiger partial charge in [-0.3, -0.25) is 0 Å². The van der Waals surface area contributed by atoms with Gasteiger partial charge in [-0.1, -0.05) is 146 Å². The van der Waals surface area contributed by atoms with Crippen LogP contribution < -0.4 is 18.9 Å². The number of hydrogen-bond acceptors (Lipinski definition) is 2. The lowest BCUT2D eigenvalue weighted by Gasteiger charge is -2.25. The molecule has 298 valence electrons. The molecule has 0 N–H and O–H groups in total. The van der Waals surface area contributed by atoms with Crippen molar-refractivity contribution in [1.82, 2.24) is 0 Å². The van der Waals surface area contributed by atoms with Crippen LogP contribution in [0.25, 0.3) is 24.3 Å². The Bertz CT molecular complexity index is 2540. The summed E-state index contributed by atoms with van der Waals surface area (Å²) in [5.74, 6) is 0. The summed E-state index contributed by atoms with van der Waals surface area (Å²) in [6.45, 7) is 1.64. The first-order valence-corrected chi connectivity index (χ1v) is 21.1. The highest BCUT2D eigenvalue weighted by Crippen LogP contribution is 2.35. The Morgan fingerprint density at radius 2 is 0.500 bits per heavy atom. The third-order valence-corrected chi connectivity index (χ3v) is 10.9. The van der Waals surface area contributed by atoms with Crippen molar-refractivity contribution in [2.24, 2.45) is 0 Å². The smallest absolute Gasteiger partial charge is 0.173 e. The fourth-order valence-corrected chi connectivity index (χ4v) is 7.60. The average molecular weight is 801 g/mol. The summed E-state index contributed by atoms with van der Waals surface area (Å²) in [7, 11) is 0. The van der Waals surface area contributed by atoms with Gasteiger partial charge in [0.2, 0.25) is 0 Å². The molecule has 0 atom stereocenters. The number of rotatable bonds is 14. The maximum Gasteiger partial charge on any atom is 0.173 e. The number of anilines is 6. The van der Waals surface area contributed by atoms with E-state index in [0.29, 0.717) is 0 Å². The van der Waals surface area contributed by atoms with Crippen molar-refractivity contribution in [3.8, 4) is 0 Å². The summed E-state index contributed by atoms with van der Waals surface area (Å²) in [5.41, 5.74) is 14.0. The number of aromatic nitrogens is 2. The summed E-state index contributed by atoms with van der Waals surface area (Å²) in [5, 5.41) is 0. The zero-order valence-electron chi connectivity index (χ0n) is 34.6. The van der Waals surface area contributed by atoms with E-state index in [0.717, 1.165) is 69.5 Å². The van der Waals surface area contributed by atoms with Gasteiger partial charge in [-0.15, -0.1) is 0 Å². The Morgan fingerprint density at radius 1 is 0.258 bits per heavy atom. The van der Waals surface area contributed by atoms with Crippen molar-refractivity contribution in [2.45, 2.75) is 13.1 Å². The minimum absolute atomic E-state index is 0.820. The van der Waals surface area contributed by atoms with Gasteiger partial charge in [0.25, 0.3) is 0 Å². The fraction of sp³-hybridized carbons (Fsp3) is 0.0345. The molecule has 0 saturated heterocycles. The van der Waals surface area contributed by atoms with Crippen LogP contribution in [-0.4, -0.2) is 0 Å². The molecule has 0 aliphatic rings. The molecular weight excluding hydrogens is 753 g/mol. The van der Waals surface area contributed by atoms with E-state index >= 15 is 0 Å². The highest BCUT2D eigenvalue weighted by Gasteiger charge is 2.13. The first-order valence-electron chi connectivity index (χ1n) is 21.1. The number of benzene rings is 7. The Labute approximate surface area is 365 Å². The molecule has 0 saturated carbocycles. The third kappa shape index (κ3) is 10.0. The van der Waals surface area contributed by atoms with Gasteiger partial charge in [-0.05, 0) is 95.1 Å². The van der Waals surface area contributed by atoms with Gasteiger partial charge in [0.05, 0.1) is 0 Å². The van der Waals surface area contributed by atoms with E-state index in [-0.39, 0.29) is 0 Å². The zero-order valence-corrected chi connectivity index (χ0v) is 34.6. The van der Waals surface area contributed by atoms with Crippen LogP contribution in [0.5, 0.6) is 0 Å². The molecule has 0 aliphatic heterocycles. The minimum Gasteiger partial charge on any atom is -0.311 e. The first kappa shape index (κ1) is 39.4. The molecule has 4 nitrogen and oxygen atoms in total. The van der Waals surface area contributed by atoms with Gasteiger partial charge < -0.3 is 9.80 Å². The maximum absolute atomic E-state index is 2.28. The second-order valence-electron chi connectivity index (χ2n) is 15.3. The fourth-order valence-electron chi connectivity index (χ4n) is 7.60. The van der Waals surface area contributed by atoms with Crippen LogP contribution >= 0.6 is 0 Å². The van der Waals surface area contributed by atoms with Crippen molar-refractivity contribution in [1.29, 1.82) is 0 Å². The van der Waals surface area contributed by atoms with Gasteiger partial charge in [-0.2, -0.15) is 0 Å². The molecule has 0 fully saturated rings. The van der Waals surface area contributed by atoms with Gasteiger partial charge in [0.15, 0.2) is 37.9 Å². The minimum atomic E-state index is 0.820. The maximum atomic E-state index is 2.28. The molecule has 0 aliphatic carbocycles. The molecule has 0 bridgehead atoms. The van der Waals surface area contributed by atoms with Crippen LogP contribution in [0.3, 0.4) is 0 Å². The van der Waals surface area contributed by atoms with Crippen LogP contribution in [-0.2, 0) is 13.1 Å². The van der Waals surface area contributed by atoms with Crippen molar-refractivity contribution in [2.75, 3.05) is 9.80 Å². The molecule has 7 aromatic carbocycles. The lowest BCUT2D eigenvalue weighted by atomic mass is 10.1. The van der Waals surface area contributed by atoms with Gasteiger partial charge in [0, 0.05) is 69.5 Å². The van der Waals surface area contributed by atoms with Crippen molar-refractivity contribution in [3.05, 3.63) is 277 Å². The summed E-state index contributed by atoms with van der Waals surface area (Å²) < 4.78 is 4.45. The molecule has 9 aromatic rings. The Hall–Kier alpha value is -8.08. The molecule has 4 heteroatoms. The van der Waals surface area contributed by atoms with Gasteiger partial charge in [-0.25, -0.2) is 9.13 Å². The highest BCUT2D eigenvalue weighted by atomic mass is 15.1. The molecule has 2 aromatic heterocycles. The number of pyridine rings is 2. The predicted octanol–water partition coefficient (Wildman–Crippen LogP) is 13.6. The Kier molecular flexibility index (Phi) is 12.3. The standard InChI is InChI=1S/C58H48N4/c1-5-13-53(14-6-1)61(54-15-7-2-8-16-54)57-33-29-47(30-34-57)21-23-49-37-41-59(42-38-49)45-51-25-27-52(28-26-51)46-60-43-39-50(40-44-60)24-22-48-31-35-58(36-32-48)62(55-17-9-3-10-18-55)56-19-11-4-12-20-56/h1-44H,45-46H2/q+2. The molecule has 9 rings (SSSR count). The lowest BCUT2D eigenvalue weighted by Crippen LogP contribution is -2.34. The van der Waals surface area contributed by atoms with E-state index in [2.05, 4.69) is 286 Å². The third-order valence-electron chi connectivity index (χ3n) is 10.9. The van der Waals surface area contributed by atoms with Crippen LogP contribution in [0.2, 0.25) is 0 Å². The van der Waals surface area contributed by atoms with E-state index in [1.54, 1.807) is 0 Å². The molecule has 2 heterocycles. The SMILES string of the molecule is C(=C\c1cc[n+](Cc2ccc(C[n+]3ccc(/C=C/c4ccc(N(c5ccccc5)c5ccccc5)cc4)cc3)cc2)cc1)/c1ccc(N(c2ccccc2)c2ccccc2)cc1. The van der Waals surface area contributed by atoms with E-state index < -0.39 is 0 Å². The van der Waals surface area contributed by atoms with E-state index in [9.17, 15) is 0 Å². The summed E-state index contributed by atoms with van der Waals surface area (Å²) in [6.07, 6.45) is 17.3. The monoisotopic (exact) mass is 800 g/mol. The second kappa shape index (κ2) is 19.3. The molecular formula is C58H48N4+2. The van der Waals surface area contributed by atoms with Gasteiger partial charge in [0.1, 0.15) is 0 Å². The lowest BCUT2D eigenvalue weighted by molar-refractivity contribution is -0.689. The van der Waals surface area contributed by atoms with Crippen molar-refractivity contribution >= 4 is 58.4 Å². The van der Waals surface area contributed by atoms with Crippen LogP contribution in [0, 0.1) is 0 Å². The number of hydrogen-bond donors (Lipinski definition) is 0. The Morgan fingerprint density at radius 3 is 0.774 bits per heavy atom. The van der Waals surface area contributed by atoms with Crippen molar-refractivity contribution in [3.63, 3.8) is 0 Å². The normalized spacial score (nSPS) is 11.2. The van der Waals surface area contributed by atoms with Crippen molar-refractivity contribution < 1.29 is 9.13 Å². The molecule has 0 spiro atoms. The first-order chi connectivity index (χ1) is 30.7. The molecule has 0 unspecified atom stereocenters. The molecule has 0 radical (unpaired) electrons. The van der Waals surface area contributed by atoms with Crippen LogP contribution in [0.4, 0.5) is 34.1 Å². The largest absolute Gasteiger partial charge is 0.311 e. The van der Waals surface area contributed by atoms with E-state index in [4.69, 9.17) is 0 Å². The van der Waals surface area contributed by atoms with Gasteiger partial charge >= 0.3 is 0 Å². The molecule has 0 amide bonds.